The van der Waals surface area contributed by atoms with E-state index < -0.39 is 0 Å². The highest BCUT2D eigenvalue weighted by atomic mass is 32.1. The molecule has 2 atom stereocenters. The number of aryl methyl sites for hydroxylation is 1. The fourth-order valence-electron chi connectivity index (χ4n) is 2.97. The summed E-state index contributed by atoms with van der Waals surface area (Å²) in [7, 11) is 0. The average Bonchev–Trinajstić information content (AvgIpc) is 2.79. The van der Waals surface area contributed by atoms with Gasteiger partial charge in [0.1, 0.15) is 0 Å². The van der Waals surface area contributed by atoms with Crippen LogP contribution in [0.5, 0.6) is 0 Å². The lowest BCUT2D eigenvalue weighted by atomic mass is 9.85. The number of rotatable bonds is 6. The molecule has 1 fully saturated rings. The van der Waals surface area contributed by atoms with Gasteiger partial charge in [-0.05, 0) is 26.2 Å². The number of hydrogen-bond acceptors (Lipinski definition) is 4. The van der Waals surface area contributed by atoms with Crippen LogP contribution < -0.4 is 10.2 Å². The van der Waals surface area contributed by atoms with E-state index in [1.165, 1.54) is 11.3 Å². The number of hydrogen-bond donors (Lipinski definition) is 2. The van der Waals surface area contributed by atoms with Crippen molar-refractivity contribution in [3.63, 3.8) is 0 Å². The molecule has 0 radical (unpaired) electrons. The Morgan fingerprint density at radius 1 is 1.48 bits per heavy atom. The Balaban J connectivity index is 1.76. The Kier molecular flexibility index (Phi) is 5.99. The fourth-order valence-corrected chi connectivity index (χ4v) is 3.73. The molecule has 1 heterocycles. The van der Waals surface area contributed by atoms with Crippen molar-refractivity contribution in [2.45, 2.75) is 58.0 Å². The first-order valence-electron chi connectivity index (χ1n) is 7.67. The van der Waals surface area contributed by atoms with Gasteiger partial charge in [-0.3, -0.25) is 9.59 Å². The van der Waals surface area contributed by atoms with Gasteiger partial charge in [0, 0.05) is 42.6 Å². The number of carbonyl (C=O) groups is 1. The van der Waals surface area contributed by atoms with E-state index in [0.717, 1.165) is 31.4 Å². The SMILES string of the molecule is Cc1csc(=O)n1CCCC(=O)NC1CCCCC1CO. The number of nitrogens with zero attached hydrogens (tertiary/aromatic N) is 1. The predicted molar refractivity (Wildman–Crippen MR) is 83.5 cm³/mol. The van der Waals surface area contributed by atoms with Crippen LogP contribution in [0.1, 0.15) is 44.2 Å². The summed E-state index contributed by atoms with van der Waals surface area (Å²) in [6.45, 7) is 2.65. The molecule has 1 aliphatic carbocycles. The number of aliphatic hydroxyl groups is 1. The summed E-state index contributed by atoms with van der Waals surface area (Å²) in [6, 6.07) is 0.113. The summed E-state index contributed by atoms with van der Waals surface area (Å²) in [5, 5.41) is 14.2. The lowest BCUT2D eigenvalue weighted by Gasteiger charge is -2.30. The Morgan fingerprint density at radius 3 is 2.90 bits per heavy atom. The van der Waals surface area contributed by atoms with Gasteiger partial charge < -0.3 is 15.0 Å². The molecule has 0 aliphatic heterocycles. The van der Waals surface area contributed by atoms with Gasteiger partial charge in [0.05, 0.1) is 0 Å². The van der Waals surface area contributed by atoms with Gasteiger partial charge in [-0.2, -0.15) is 0 Å². The first kappa shape index (κ1) is 16.2. The van der Waals surface area contributed by atoms with Crippen LogP contribution >= 0.6 is 11.3 Å². The summed E-state index contributed by atoms with van der Waals surface area (Å²) >= 11 is 1.20. The van der Waals surface area contributed by atoms with Crippen molar-refractivity contribution in [1.82, 2.24) is 9.88 Å². The number of amides is 1. The zero-order valence-electron chi connectivity index (χ0n) is 12.5. The van der Waals surface area contributed by atoms with E-state index >= 15 is 0 Å². The Hall–Kier alpha value is -1.14. The molecule has 0 spiro atoms. The molecule has 1 aliphatic rings. The van der Waals surface area contributed by atoms with Gasteiger partial charge in [0.2, 0.25) is 5.91 Å². The zero-order valence-corrected chi connectivity index (χ0v) is 13.3. The number of nitrogens with one attached hydrogen (secondary N) is 1. The molecule has 118 valence electrons. The second-order valence-electron chi connectivity index (χ2n) is 5.80. The van der Waals surface area contributed by atoms with E-state index in [1.54, 1.807) is 4.57 Å². The molecule has 1 aromatic rings. The average molecular weight is 312 g/mol. The van der Waals surface area contributed by atoms with Gasteiger partial charge in [0.25, 0.3) is 0 Å². The van der Waals surface area contributed by atoms with E-state index in [1.807, 2.05) is 12.3 Å². The van der Waals surface area contributed by atoms with Gasteiger partial charge in [-0.1, -0.05) is 24.2 Å². The molecule has 1 amide bonds. The minimum Gasteiger partial charge on any atom is -0.396 e. The van der Waals surface area contributed by atoms with Crippen LogP contribution in [0, 0.1) is 12.8 Å². The van der Waals surface area contributed by atoms with E-state index in [2.05, 4.69) is 5.32 Å². The lowest BCUT2D eigenvalue weighted by Crippen LogP contribution is -2.43. The van der Waals surface area contributed by atoms with Crippen LogP contribution in [0.2, 0.25) is 0 Å². The molecule has 2 unspecified atom stereocenters. The van der Waals surface area contributed by atoms with Crippen molar-refractivity contribution in [2.75, 3.05) is 6.61 Å². The highest BCUT2D eigenvalue weighted by Gasteiger charge is 2.25. The van der Waals surface area contributed by atoms with Gasteiger partial charge in [-0.15, -0.1) is 0 Å². The molecule has 2 rings (SSSR count). The Labute approximate surface area is 129 Å². The molecule has 0 saturated heterocycles. The van der Waals surface area contributed by atoms with Gasteiger partial charge in [-0.25, -0.2) is 0 Å². The van der Waals surface area contributed by atoms with Crippen LogP contribution in [0.3, 0.4) is 0 Å². The summed E-state index contributed by atoms with van der Waals surface area (Å²) in [4.78, 5) is 23.6. The van der Waals surface area contributed by atoms with Crippen molar-refractivity contribution < 1.29 is 9.90 Å². The number of carbonyl (C=O) groups excluding carboxylic acids is 1. The number of thiazole rings is 1. The summed E-state index contributed by atoms with van der Waals surface area (Å²) in [5.74, 6) is 0.228. The maximum atomic E-state index is 12.0. The lowest BCUT2D eigenvalue weighted by molar-refractivity contribution is -0.122. The molecule has 1 saturated carbocycles. The van der Waals surface area contributed by atoms with Gasteiger partial charge >= 0.3 is 4.87 Å². The van der Waals surface area contributed by atoms with Crippen molar-refractivity contribution >= 4 is 17.2 Å². The van der Waals surface area contributed by atoms with Crippen LogP contribution in [0.25, 0.3) is 0 Å². The highest BCUT2D eigenvalue weighted by molar-refractivity contribution is 7.07. The van der Waals surface area contributed by atoms with Crippen LogP contribution in [0.4, 0.5) is 0 Å². The molecule has 2 N–H and O–H groups in total. The standard InChI is InChI=1S/C15H24N2O3S/c1-11-10-21-15(20)17(11)8-4-7-14(19)16-13-6-3-2-5-12(13)9-18/h10,12-13,18H,2-9H2,1H3,(H,16,19). The largest absolute Gasteiger partial charge is 0.396 e. The molecular formula is C15H24N2O3S. The quantitative estimate of drug-likeness (QED) is 0.839. The Morgan fingerprint density at radius 2 is 2.24 bits per heavy atom. The third-order valence-corrected chi connectivity index (χ3v) is 5.13. The highest BCUT2D eigenvalue weighted by Crippen LogP contribution is 2.24. The third-order valence-electron chi connectivity index (χ3n) is 4.25. The first-order chi connectivity index (χ1) is 10.1. The summed E-state index contributed by atoms with van der Waals surface area (Å²) in [5.41, 5.74) is 0.957. The topological polar surface area (TPSA) is 71.3 Å². The van der Waals surface area contributed by atoms with Crippen molar-refractivity contribution in [1.29, 1.82) is 0 Å². The van der Waals surface area contributed by atoms with Crippen LogP contribution in [-0.4, -0.2) is 28.2 Å². The second kappa shape index (κ2) is 7.75. The zero-order chi connectivity index (χ0) is 15.2. The number of aromatic nitrogens is 1. The van der Waals surface area contributed by atoms with Crippen molar-refractivity contribution in [3.05, 3.63) is 20.7 Å². The van der Waals surface area contributed by atoms with Crippen molar-refractivity contribution in [2.24, 2.45) is 5.92 Å². The smallest absolute Gasteiger partial charge is 0.307 e. The molecule has 21 heavy (non-hydrogen) atoms. The molecular weight excluding hydrogens is 288 g/mol. The summed E-state index contributed by atoms with van der Waals surface area (Å²) < 4.78 is 1.72. The van der Waals surface area contributed by atoms with Crippen molar-refractivity contribution in [3.8, 4) is 0 Å². The predicted octanol–water partition coefficient (Wildman–Crippen LogP) is 1.67. The molecule has 1 aromatic heterocycles. The molecule has 6 heteroatoms. The molecule has 0 bridgehead atoms. The maximum Gasteiger partial charge on any atom is 0.307 e. The van der Waals surface area contributed by atoms with E-state index in [9.17, 15) is 14.7 Å². The normalized spacial score (nSPS) is 22.2. The van der Waals surface area contributed by atoms with E-state index in [-0.39, 0.29) is 29.3 Å². The summed E-state index contributed by atoms with van der Waals surface area (Å²) in [6.07, 6.45) is 5.30. The second-order valence-corrected chi connectivity index (χ2v) is 6.62. The third kappa shape index (κ3) is 4.41. The van der Waals surface area contributed by atoms with E-state index in [4.69, 9.17) is 0 Å². The Bertz CT molecular complexity index is 523. The molecule has 0 aromatic carbocycles. The van der Waals surface area contributed by atoms with Crippen LogP contribution in [-0.2, 0) is 11.3 Å². The monoisotopic (exact) mass is 312 g/mol. The van der Waals surface area contributed by atoms with E-state index in [0.29, 0.717) is 19.4 Å². The minimum absolute atomic E-state index is 0.0290. The minimum atomic E-state index is 0.0290. The number of aliphatic hydroxyl groups excluding tert-OH is 1. The molecule has 5 nitrogen and oxygen atoms in total. The fraction of sp³-hybridized carbons (Fsp3) is 0.733. The first-order valence-corrected chi connectivity index (χ1v) is 8.55. The van der Waals surface area contributed by atoms with Crippen LogP contribution in [0.15, 0.2) is 10.2 Å². The van der Waals surface area contributed by atoms with Gasteiger partial charge in [0.15, 0.2) is 0 Å². The maximum absolute atomic E-state index is 12.0.